The van der Waals surface area contributed by atoms with Gasteiger partial charge in [0.1, 0.15) is 0 Å². The molecule has 0 aliphatic heterocycles. The molecule has 1 unspecified atom stereocenters. The van der Waals surface area contributed by atoms with Gasteiger partial charge in [0.2, 0.25) is 0 Å². The Morgan fingerprint density at radius 2 is 2.18 bits per heavy atom. The average Bonchev–Trinajstić information content (AvgIpc) is 2.67. The van der Waals surface area contributed by atoms with E-state index in [1.165, 1.54) is 5.56 Å². The van der Waals surface area contributed by atoms with Crippen molar-refractivity contribution in [1.29, 1.82) is 0 Å². The van der Waals surface area contributed by atoms with Crippen LogP contribution in [0, 0.1) is 6.92 Å². The minimum Gasteiger partial charge on any atom is -0.328 e. The number of benzene rings is 1. The lowest BCUT2D eigenvalue weighted by molar-refractivity contribution is 0.726. The molecule has 1 atom stereocenters. The zero-order chi connectivity index (χ0) is 12.4. The van der Waals surface area contributed by atoms with Gasteiger partial charge < -0.3 is 5.73 Å². The number of nitrogens with two attached hydrogens (primary N) is 1. The Kier molecular flexibility index (Phi) is 3.64. The topological polar surface area (TPSA) is 43.8 Å². The van der Waals surface area contributed by atoms with Crippen LogP contribution in [0.1, 0.15) is 18.2 Å². The molecule has 0 fully saturated rings. The van der Waals surface area contributed by atoms with Gasteiger partial charge in [0.05, 0.1) is 11.4 Å². The van der Waals surface area contributed by atoms with Crippen LogP contribution in [0.15, 0.2) is 34.9 Å². The molecule has 0 amide bonds. The highest BCUT2D eigenvalue weighted by Crippen LogP contribution is 2.21. The second-order valence-electron chi connectivity index (χ2n) is 4.36. The molecule has 1 aromatic heterocycles. The van der Waals surface area contributed by atoms with Crippen LogP contribution in [0.3, 0.4) is 0 Å². The van der Waals surface area contributed by atoms with Gasteiger partial charge in [-0.3, -0.25) is 0 Å². The van der Waals surface area contributed by atoms with E-state index < -0.39 is 0 Å². The number of aryl methyl sites for hydroxylation is 1. The number of halogens is 1. The largest absolute Gasteiger partial charge is 0.328 e. The van der Waals surface area contributed by atoms with Gasteiger partial charge in [-0.2, -0.15) is 5.10 Å². The molecule has 17 heavy (non-hydrogen) atoms. The molecule has 90 valence electrons. The van der Waals surface area contributed by atoms with Gasteiger partial charge in [0.25, 0.3) is 0 Å². The van der Waals surface area contributed by atoms with E-state index in [4.69, 9.17) is 5.73 Å². The van der Waals surface area contributed by atoms with Crippen LogP contribution in [-0.4, -0.2) is 15.8 Å². The standard InChI is InChI=1S/C13H16BrN3/c1-9(15)7-11-3-4-12(14)8-13(11)17-6-5-10(2)16-17/h3-6,8-9H,7,15H2,1-2H3. The van der Waals surface area contributed by atoms with Crippen LogP contribution in [-0.2, 0) is 6.42 Å². The summed E-state index contributed by atoms with van der Waals surface area (Å²) in [5.41, 5.74) is 9.19. The van der Waals surface area contributed by atoms with Crippen LogP contribution < -0.4 is 5.73 Å². The van der Waals surface area contributed by atoms with Gasteiger partial charge in [-0.25, -0.2) is 4.68 Å². The monoisotopic (exact) mass is 293 g/mol. The maximum atomic E-state index is 5.87. The van der Waals surface area contributed by atoms with Crippen LogP contribution in [0.4, 0.5) is 0 Å². The van der Waals surface area contributed by atoms with Gasteiger partial charge in [0.15, 0.2) is 0 Å². The van der Waals surface area contributed by atoms with Crippen molar-refractivity contribution in [3.05, 3.63) is 46.2 Å². The van der Waals surface area contributed by atoms with Crippen molar-refractivity contribution in [1.82, 2.24) is 9.78 Å². The molecule has 2 aromatic rings. The predicted octanol–water partition coefficient (Wildman–Crippen LogP) is 2.83. The third-order valence-corrected chi connectivity index (χ3v) is 3.05. The first kappa shape index (κ1) is 12.3. The minimum atomic E-state index is 0.145. The molecule has 3 nitrogen and oxygen atoms in total. The molecule has 1 heterocycles. The maximum absolute atomic E-state index is 5.87. The third-order valence-electron chi connectivity index (χ3n) is 2.56. The second kappa shape index (κ2) is 5.02. The summed E-state index contributed by atoms with van der Waals surface area (Å²) in [6.07, 6.45) is 2.82. The highest BCUT2D eigenvalue weighted by atomic mass is 79.9. The molecule has 4 heteroatoms. The minimum absolute atomic E-state index is 0.145. The van der Waals surface area contributed by atoms with Crippen molar-refractivity contribution >= 4 is 15.9 Å². The summed E-state index contributed by atoms with van der Waals surface area (Å²) >= 11 is 3.49. The number of aromatic nitrogens is 2. The van der Waals surface area contributed by atoms with Crippen molar-refractivity contribution in [2.45, 2.75) is 26.3 Å². The molecular weight excluding hydrogens is 278 g/mol. The van der Waals surface area contributed by atoms with Crippen LogP contribution in [0.2, 0.25) is 0 Å². The van der Waals surface area contributed by atoms with E-state index in [9.17, 15) is 0 Å². The molecule has 0 bridgehead atoms. The molecule has 0 radical (unpaired) electrons. The van der Waals surface area contributed by atoms with Crippen LogP contribution in [0.25, 0.3) is 5.69 Å². The van der Waals surface area contributed by atoms with Gasteiger partial charge >= 0.3 is 0 Å². The number of nitrogens with zero attached hydrogens (tertiary/aromatic N) is 2. The highest BCUT2D eigenvalue weighted by Gasteiger charge is 2.08. The number of hydrogen-bond donors (Lipinski definition) is 1. The van der Waals surface area contributed by atoms with E-state index in [2.05, 4.69) is 33.2 Å². The van der Waals surface area contributed by atoms with E-state index in [0.717, 1.165) is 22.3 Å². The van der Waals surface area contributed by atoms with E-state index >= 15 is 0 Å². The molecule has 2 N–H and O–H groups in total. The van der Waals surface area contributed by atoms with Crippen molar-refractivity contribution in [3.63, 3.8) is 0 Å². The Morgan fingerprint density at radius 3 is 2.76 bits per heavy atom. The van der Waals surface area contributed by atoms with Gasteiger partial charge in [0, 0.05) is 16.7 Å². The van der Waals surface area contributed by atoms with Crippen molar-refractivity contribution in [2.24, 2.45) is 5.73 Å². The predicted molar refractivity (Wildman–Crippen MR) is 73.4 cm³/mol. The Balaban J connectivity index is 2.46. The van der Waals surface area contributed by atoms with E-state index in [-0.39, 0.29) is 6.04 Å². The summed E-state index contributed by atoms with van der Waals surface area (Å²) < 4.78 is 2.95. The number of rotatable bonds is 3. The van der Waals surface area contributed by atoms with Crippen molar-refractivity contribution in [3.8, 4) is 5.69 Å². The number of hydrogen-bond acceptors (Lipinski definition) is 2. The Hall–Kier alpha value is -1.13. The summed E-state index contributed by atoms with van der Waals surface area (Å²) in [5.74, 6) is 0. The van der Waals surface area contributed by atoms with E-state index in [1.807, 2.05) is 36.9 Å². The highest BCUT2D eigenvalue weighted by molar-refractivity contribution is 9.10. The molecule has 1 aromatic carbocycles. The first-order valence-electron chi connectivity index (χ1n) is 5.63. The zero-order valence-corrected chi connectivity index (χ0v) is 11.6. The zero-order valence-electron chi connectivity index (χ0n) is 10.0. The van der Waals surface area contributed by atoms with Gasteiger partial charge in [-0.05, 0) is 44.0 Å². The molecule has 2 rings (SSSR count). The summed E-state index contributed by atoms with van der Waals surface area (Å²) in [4.78, 5) is 0. The normalized spacial score (nSPS) is 12.7. The quantitative estimate of drug-likeness (QED) is 0.946. The fourth-order valence-corrected chi connectivity index (χ4v) is 2.17. The summed E-state index contributed by atoms with van der Waals surface area (Å²) in [6, 6.07) is 8.35. The average molecular weight is 294 g/mol. The Morgan fingerprint density at radius 1 is 1.41 bits per heavy atom. The smallest absolute Gasteiger partial charge is 0.0689 e. The lowest BCUT2D eigenvalue weighted by Gasteiger charge is -2.12. The first-order valence-corrected chi connectivity index (χ1v) is 6.42. The molecule has 0 spiro atoms. The first-order chi connectivity index (χ1) is 8.06. The fraction of sp³-hybridized carbons (Fsp3) is 0.308. The lowest BCUT2D eigenvalue weighted by Crippen LogP contribution is -2.19. The summed E-state index contributed by atoms with van der Waals surface area (Å²) in [5, 5.41) is 4.44. The SMILES string of the molecule is Cc1ccn(-c2cc(Br)ccc2CC(C)N)n1. The fourth-order valence-electron chi connectivity index (χ4n) is 1.82. The molecular formula is C13H16BrN3. The Labute approximate surface area is 110 Å². The lowest BCUT2D eigenvalue weighted by atomic mass is 10.1. The summed E-state index contributed by atoms with van der Waals surface area (Å²) in [7, 11) is 0. The summed E-state index contributed by atoms with van der Waals surface area (Å²) in [6.45, 7) is 4.00. The van der Waals surface area contributed by atoms with E-state index in [0.29, 0.717) is 0 Å². The van der Waals surface area contributed by atoms with E-state index in [1.54, 1.807) is 0 Å². The second-order valence-corrected chi connectivity index (χ2v) is 5.27. The molecule has 0 aliphatic rings. The molecule has 0 aliphatic carbocycles. The third kappa shape index (κ3) is 2.96. The maximum Gasteiger partial charge on any atom is 0.0689 e. The van der Waals surface area contributed by atoms with Gasteiger partial charge in [-0.1, -0.05) is 22.0 Å². The molecule has 0 saturated carbocycles. The van der Waals surface area contributed by atoms with Crippen LogP contribution in [0.5, 0.6) is 0 Å². The Bertz CT molecular complexity index is 517. The van der Waals surface area contributed by atoms with Crippen molar-refractivity contribution in [2.75, 3.05) is 0 Å². The van der Waals surface area contributed by atoms with Crippen LogP contribution >= 0.6 is 15.9 Å². The molecule has 0 saturated heterocycles. The van der Waals surface area contributed by atoms with Gasteiger partial charge in [-0.15, -0.1) is 0 Å². The van der Waals surface area contributed by atoms with Crippen molar-refractivity contribution < 1.29 is 0 Å².